The molecule has 1 aromatic heterocycles. The number of carbonyl (C=O) groups is 1. The molecule has 0 aliphatic carbocycles. The van der Waals surface area contributed by atoms with Crippen LogP contribution in [0.15, 0.2) is 52.9 Å². The van der Waals surface area contributed by atoms with Crippen LogP contribution >= 0.6 is 0 Å². The number of benzene rings is 2. The summed E-state index contributed by atoms with van der Waals surface area (Å²) in [5.41, 5.74) is 2.17. The topological polar surface area (TPSA) is 76.8 Å². The first kappa shape index (κ1) is 15.8. The molecule has 0 aliphatic heterocycles. The Morgan fingerprint density at radius 1 is 1.21 bits per heavy atom. The first-order valence-corrected chi connectivity index (χ1v) is 7.32. The molecule has 0 unspecified atom stereocenters. The Kier molecular flexibility index (Phi) is 4.62. The summed E-state index contributed by atoms with van der Waals surface area (Å²) in [6, 6.07) is 14.2. The van der Waals surface area contributed by atoms with Gasteiger partial charge in [-0.15, -0.1) is 0 Å². The van der Waals surface area contributed by atoms with Crippen molar-refractivity contribution in [1.29, 1.82) is 0 Å². The van der Waals surface area contributed by atoms with E-state index in [-0.39, 0.29) is 12.6 Å². The summed E-state index contributed by atoms with van der Waals surface area (Å²) in [6.07, 6.45) is 0. The molecule has 7 nitrogen and oxygen atoms in total. The first-order valence-electron chi connectivity index (χ1n) is 7.32. The summed E-state index contributed by atoms with van der Waals surface area (Å²) in [7, 11) is 2.94. The zero-order valence-electron chi connectivity index (χ0n) is 13.4. The van der Waals surface area contributed by atoms with Gasteiger partial charge in [0.15, 0.2) is 12.2 Å². The fourth-order valence-corrected chi connectivity index (χ4v) is 2.05. The molecule has 3 aromatic rings. The van der Waals surface area contributed by atoms with Gasteiger partial charge in [-0.3, -0.25) is 4.84 Å². The summed E-state index contributed by atoms with van der Waals surface area (Å²) in [5.74, 6) is 1.16. The number of aromatic nitrogens is 1. The predicted molar refractivity (Wildman–Crippen MR) is 88.6 cm³/mol. The minimum atomic E-state index is -0.363. The minimum Gasteiger partial charge on any atom is -0.484 e. The number of urea groups is 1. The van der Waals surface area contributed by atoms with Gasteiger partial charge in [0.1, 0.15) is 11.3 Å². The smallest absolute Gasteiger partial charge is 0.345 e. The summed E-state index contributed by atoms with van der Waals surface area (Å²) in [4.78, 5) is 20.8. The third-order valence-corrected chi connectivity index (χ3v) is 3.37. The average molecular weight is 327 g/mol. The molecule has 7 heteroatoms. The van der Waals surface area contributed by atoms with Gasteiger partial charge in [0, 0.05) is 12.7 Å². The van der Waals surface area contributed by atoms with E-state index in [0.29, 0.717) is 17.3 Å². The van der Waals surface area contributed by atoms with E-state index in [0.717, 1.165) is 16.2 Å². The Hall–Kier alpha value is -3.06. The molecule has 3 rings (SSSR count). The Balaban J connectivity index is 1.59. The summed E-state index contributed by atoms with van der Waals surface area (Å²) < 4.78 is 11.2. The van der Waals surface area contributed by atoms with E-state index in [1.807, 2.05) is 24.3 Å². The van der Waals surface area contributed by atoms with E-state index in [4.69, 9.17) is 14.0 Å². The minimum absolute atomic E-state index is 0.229. The van der Waals surface area contributed by atoms with Crippen molar-refractivity contribution in [2.45, 2.75) is 6.61 Å². The van der Waals surface area contributed by atoms with E-state index in [9.17, 15) is 4.79 Å². The van der Waals surface area contributed by atoms with Crippen molar-refractivity contribution in [2.24, 2.45) is 0 Å². The van der Waals surface area contributed by atoms with Crippen LogP contribution < -0.4 is 10.1 Å². The number of nitrogens with one attached hydrogen (secondary N) is 1. The van der Waals surface area contributed by atoms with Crippen LogP contribution in [0.2, 0.25) is 0 Å². The number of hydrogen-bond acceptors (Lipinski definition) is 5. The number of hydroxylamine groups is 2. The maximum absolute atomic E-state index is 11.7. The third kappa shape index (κ3) is 3.64. The lowest BCUT2D eigenvalue weighted by atomic mass is 10.3. The van der Waals surface area contributed by atoms with E-state index in [1.54, 1.807) is 24.3 Å². The Morgan fingerprint density at radius 2 is 1.96 bits per heavy atom. The molecule has 0 fully saturated rings. The number of rotatable bonds is 5. The van der Waals surface area contributed by atoms with Crippen LogP contribution in [0.25, 0.3) is 11.1 Å². The van der Waals surface area contributed by atoms with Crippen molar-refractivity contribution in [3.05, 3.63) is 54.4 Å². The summed E-state index contributed by atoms with van der Waals surface area (Å²) in [6.45, 7) is 0.229. The summed E-state index contributed by atoms with van der Waals surface area (Å²) >= 11 is 0. The molecular weight excluding hydrogens is 310 g/mol. The number of ether oxygens (including phenoxy) is 1. The first-order chi connectivity index (χ1) is 11.7. The van der Waals surface area contributed by atoms with Gasteiger partial charge < -0.3 is 14.5 Å². The van der Waals surface area contributed by atoms with Crippen molar-refractivity contribution >= 4 is 22.8 Å². The second-order valence-electron chi connectivity index (χ2n) is 5.00. The molecule has 2 aromatic carbocycles. The molecule has 1 N–H and O–H groups in total. The highest BCUT2D eigenvalue weighted by molar-refractivity contribution is 5.88. The molecule has 24 heavy (non-hydrogen) atoms. The number of carbonyl (C=O) groups excluding carboxylic acids is 1. The van der Waals surface area contributed by atoms with Crippen LogP contribution in [0.4, 0.5) is 10.5 Å². The molecule has 0 saturated heterocycles. The fourth-order valence-electron chi connectivity index (χ4n) is 2.05. The molecule has 2 amide bonds. The quantitative estimate of drug-likeness (QED) is 0.727. The zero-order valence-corrected chi connectivity index (χ0v) is 13.4. The van der Waals surface area contributed by atoms with Gasteiger partial charge >= 0.3 is 6.03 Å². The maximum atomic E-state index is 11.7. The maximum Gasteiger partial charge on any atom is 0.345 e. The molecule has 1 heterocycles. The van der Waals surface area contributed by atoms with Gasteiger partial charge in [-0.1, -0.05) is 12.1 Å². The molecule has 0 bridgehead atoms. The van der Waals surface area contributed by atoms with Crippen molar-refractivity contribution in [3.63, 3.8) is 0 Å². The number of hydrogen-bond donors (Lipinski definition) is 1. The molecule has 0 saturated carbocycles. The van der Waals surface area contributed by atoms with Gasteiger partial charge in [-0.05, 0) is 36.4 Å². The number of nitrogens with zero attached hydrogens (tertiary/aromatic N) is 2. The second kappa shape index (κ2) is 7.01. The number of oxazole rings is 1. The lowest BCUT2D eigenvalue weighted by Crippen LogP contribution is -2.30. The monoisotopic (exact) mass is 327 g/mol. The largest absolute Gasteiger partial charge is 0.484 e. The predicted octanol–water partition coefficient (Wildman–Crippen LogP) is 3.43. The molecule has 124 valence electrons. The molecule has 0 radical (unpaired) electrons. The highest BCUT2D eigenvalue weighted by Crippen LogP contribution is 2.19. The number of anilines is 1. The Morgan fingerprint density at radius 3 is 2.67 bits per heavy atom. The fraction of sp³-hybridized carbons (Fsp3) is 0.176. The third-order valence-electron chi connectivity index (χ3n) is 3.37. The molecule has 0 aliphatic rings. The van der Waals surface area contributed by atoms with Gasteiger partial charge in [0.05, 0.1) is 7.11 Å². The second-order valence-corrected chi connectivity index (χ2v) is 5.00. The van der Waals surface area contributed by atoms with Crippen LogP contribution in [0.5, 0.6) is 5.75 Å². The lowest BCUT2D eigenvalue weighted by Gasteiger charge is -2.14. The van der Waals surface area contributed by atoms with Crippen LogP contribution in [0.1, 0.15) is 5.89 Å². The van der Waals surface area contributed by atoms with E-state index in [2.05, 4.69) is 10.3 Å². The highest BCUT2D eigenvalue weighted by Gasteiger charge is 2.08. The average Bonchev–Trinajstić information content (AvgIpc) is 3.03. The lowest BCUT2D eigenvalue weighted by molar-refractivity contribution is -0.0598. The van der Waals surface area contributed by atoms with Gasteiger partial charge in [0.2, 0.25) is 5.89 Å². The molecule has 0 atom stereocenters. The van der Waals surface area contributed by atoms with E-state index >= 15 is 0 Å². The van der Waals surface area contributed by atoms with Crippen LogP contribution in [0.3, 0.4) is 0 Å². The number of para-hydroxylation sites is 2. The van der Waals surface area contributed by atoms with Crippen LogP contribution in [-0.4, -0.2) is 30.2 Å². The van der Waals surface area contributed by atoms with Crippen molar-refractivity contribution < 1.29 is 18.8 Å². The van der Waals surface area contributed by atoms with Gasteiger partial charge in [0.25, 0.3) is 0 Å². The molecule has 0 spiro atoms. The highest BCUT2D eigenvalue weighted by atomic mass is 16.7. The Labute approximate surface area is 138 Å². The van der Waals surface area contributed by atoms with E-state index < -0.39 is 0 Å². The Bertz CT molecular complexity index is 796. The number of amides is 2. The van der Waals surface area contributed by atoms with Crippen molar-refractivity contribution in [1.82, 2.24) is 10.0 Å². The summed E-state index contributed by atoms with van der Waals surface area (Å²) in [5, 5.41) is 3.78. The van der Waals surface area contributed by atoms with Gasteiger partial charge in [-0.25, -0.2) is 14.8 Å². The standard InChI is InChI=1S/C17H17N3O4/c1-20(22-2)17(21)18-12-7-9-13(10-8-12)23-11-16-19-14-5-3-4-6-15(14)24-16/h3-10H,11H2,1-2H3,(H,18,21). The van der Waals surface area contributed by atoms with Gasteiger partial charge in [-0.2, -0.15) is 0 Å². The zero-order chi connectivity index (χ0) is 16.9. The van der Waals surface area contributed by atoms with Crippen LogP contribution in [-0.2, 0) is 11.4 Å². The number of fused-ring (bicyclic) bond motifs is 1. The normalized spacial score (nSPS) is 10.6. The van der Waals surface area contributed by atoms with Crippen molar-refractivity contribution in [3.8, 4) is 5.75 Å². The molecular formula is C17H17N3O4. The SMILES string of the molecule is CON(C)C(=O)Nc1ccc(OCc2nc3ccccc3o2)cc1. The van der Waals surface area contributed by atoms with Crippen molar-refractivity contribution in [2.75, 3.05) is 19.5 Å². The van der Waals surface area contributed by atoms with E-state index in [1.165, 1.54) is 14.2 Å². The van der Waals surface area contributed by atoms with Crippen LogP contribution in [0, 0.1) is 0 Å².